The van der Waals surface area contributed by atoms with Crippen LogP contribution in [0.5, 0.6) is 5.75 Å². The van der Waals surface area contributed by atoms with Gasteiger partial charge in [-0.2, -0.15) is 13.0 Å². The van der Waals surface area contributed by atoms with Crippen LogP contribution in [-0.2, 0) is 31.3 Å². The lowest BCUT2D eigenvalue weighted by Gasteiger charge is -2.19. The Hall–Kier alpha value is -3.84. The van der Waals surface area contributed by atoms with Gasteiger partial charge < -0.3 is 9.64 Å². The van der Waals surface area contributed by atoms with Crippen LogP contribution in [0.25, 0.3) is 27.4 Å². The molecule has 9 nitrogen and oxygen atoms in total. The molecule has 3 aromatic carbocycles. The second kappa shape index (κ2) is 13.0. The third kappa shape index (κ3) is 7.81. The van der Waals surface area contributed by atoms with Gasteiger partial charge in [-0.25, -0.2) is 8.42 Å². The molecule has 1 aromatic heterocycles. The molecule has 0 amide bonds. The van der Waals surface area contributed by atoms with Crippen LogP contribution in [0.15, 0.2) is 90.3 Å². The third-order valence-corrected chi connectivity index (χ3v) is 9.81. The molecular formula is C32H33N2O7S3+. The lowest BCUT2D eigenvalue weighted by atomic mass is 10.0. The van der Waals surface area contributed by atoms with Crippen LogP contribution in [0.1, 0.15) is 24.8 Å². The Morgan fingerprint density at radius 3 is 2.43 bits per heavy atom. The lowest BCUT2D eigenvalue weighted by molar-refractivity contribution is -0.655. The molecule has 12 heteroatoms. The number of thiazole rings is 1. The average Bonchev–Trinajstić information content (AvgIpc) is 3.48. The van der Waals surface area contributed by atoms with Crippen molar-refractivity contribution >= 4 is 59.1 Å². The highest BCUT2D eigenvalue weighted by Gasteiger charge is 2.28. The summed E-state index contributed by atoms with van der Waals surface area (Å²) in [4.78, 5) is 14.6. The number of carbonyl (C=O) groups excluding carboxylic acids is 1. The Balaban J connectivity index is 1.53. The summed E-state index contributed by atoms with van der Waals surface area (Å²) in [5.74, 6) is -0.186. The molecule has 0 spiro atoms. The predicted octanol–water partition coefficient (Wildman–Crippen LogP) is 5.28. The zero-order valence-electron chi connectivity index (χ0n) is 24.3. The summed E-state index contributed by atoms with van der Waals surface area (Å²) in [6.45, 7) is 2.20. The summed E-state index contributed by atoms with van der Waals surface area (Å²) in [6.07, 6.45) is 5.70. The summed E-state index contributed by atoms with van der Waals surface area (Å²) >= 11 is 1.50. The topological polar surface area (TPSA) is 122 Å². The number of nitrogens with zero attached hydrogens (tertiary/aromatic N) is 2. The summed E-state index contributed by atoms with van der Waals surface area (Å²) in [7, 11) is -7.60. The number of Topliss-reactive ketones (excluding diaryl/α,β-unsaturated/α-hetero) is 1. The van der Waals surface area contributed by atoms with Gasteiger partial charge in [-0.3, -0.25) is 9.35 Å². The minimum Gasteiger partial charge on any atom is -0.439 e. The molecule has 0 bridgehead atoms. The van der Waals surface area contributed by atoms with E-state index in [4.69, 9.17) is 4.74 Å². The lowest BCUT2D eigenvalue weighted by Crippen LogP contribution is -2.41. The van der Waals surface area contributed by atoms with Crippen molar-refractivity contribution in [2.45, 2.75) is 26.3 Å². The number of allylic oxidation sites excluding steroid dienone is 2. The zero-order valence-corrected chi connectivity index (χ0v) is 26.8. The number of ketones is 1. The molecule has 0 aliphatic carbocycles. The van der Waals surface area contributed by atoms with Gasteiger partial charge in [0.1, 0.15) is 10.5 Å². The first kappa shape index (κ1) is 31.6. The number of sulfone groups is 1. The molecule has 1 N–H and O–H groups in total. The van der Waals surface area contributed by atoms with Gasteiger partial charge >= 0.3 is 0 Å². The van der Waals surface area contributed by atoms with Gasteiger partial charge in [0.05, 0.1) is 11.4 Å². The molecule has 0 unspecified atom stereocenters. The first-order valence-corrected chi connectivity index (χ1v) is 18.5. The fraction of sp³-hybridized carbons (Fsp3) is 0.250. The number of benzene rings is 3. The number of carbonyl (C=O) groups is 1. The molecule has 1 aliphatic heterocycles. The van der Waals surface area contributed by atoms with Gasteiger partial charge in [-0.1, -0.05) is 66.8 Å². The molecule has 0 saturated carbocycles. The van der Waals surface area contributed by atoms with E-state index in [2.05, 4.69) is 0 Å². The van der Waals surface area contributed by atoms with Crippen molar-refractivity contribution in [2.75, 3.05) is 29.2 Å². The molecule has 5 rings (SSSR count). The minimum absolute atomic E-state index is 0.0809. The molecule has 0 atom stereocenters. The fourth-order valence-electron chi connectivity index (χ4n) is 5.06. The standard InChI is InChI=1S/C32H32N2O7S3/c1-3-23(19-32-34(21-26(35)22-43(2,36)37)27-12-7-8-13-30(27)42-32)18-31-33(16-9-17-44(38,39)40)28-20-25(14-15-29(28)41-31)24-10-5-4-6-11-24/h4-8,10-15,18-20H,3,9,16-17,21-22H2,1-2H3/p+1. The Labute approximate surface area is 261 Å². The van der Waals surface area contributed by atoms with Crippen LogP contribution < -0.4 is 14.2 Å². The number of fused-ring (bicyclic) bond motifs is 2. The van der Waals surface area contributed by atoms with Crippen LogP contribution >= 0.6 is 11.3 Å². The van der Waals surface area contributed by atoms with Crippen LogP contribution in [0.3, 0.4) is 0 Å². The minimum atomic E-state index is -4.13. The number of rotatable bonds is 12. The van der Waals surface area contributed by atoms with E-state index in [1.165, 1.54) is 11.3 Å². The SMILES string of the molecule is CCC(/C=C1\Oc2ccc(-c3ccccc3)cc2N1CCCS(=O)(=O)O)=C\c1sc2ccccc2[n+]1CC(=O)CS(C)(=O)=O. The van der Waals surface area contributed by atoms with Crippen molar-refractivity contribution in [2.24, 2.45) is 0 Å². The second-order valence-corrected chi connectivity index (χ2v) is 15.4. The molecule has 0 saturated heterocycles. The molecule has 1 aliphatic rings. The smallest absolute Gasteiger partial charge is 0.264 e. The van der Waals surface area contributed by atoms with Gasteiger partial charge in [-0.05, 0) is 47.7 Å². The van der Waals surface area contributed by atoms with Crippen LogP contribution in [-0.4, -0.2) is 51.5 Å². The van der Waals surface area contributed by atoms with E-state index in [1.54, 1.807) is 0 Å². The first-order valence-electron chi connectivity index (χ1n) is 14.0. The summed E-state index contributed by atoms with van der Waals surface area (Å²) < 4.78 is 64.9. The van der Waals surface area contributed by atoms with Gasteiger partial charge in [0.15, 0.2) is 15.6 Å². The Morgan fingerprint density at radius 1 is 1.00 bits per heavy atom. The van der Waals surface area contributed by atoms with E-state index < -0.39 is 31.5 Å². The molecule has 4 aromatic rings. The number of hydrogen-bond donors (Lipinski definition) is 1. The van der Waals surface area contributed by atoms with Gasteiger partial charge in [0.25, 0.3) is 15.1 Å². The maximum Gasteiger partial charge on any atom is 0.264 e. The van der Waals surface area contributed by atoms with Gasteiger partial charge in [0.2, 0.25) is 23.7 Å². The highest BCUT2D eigenvalue weighted by atomic mass is 32.2. The highest BCUT2D eigenvalue weighted by Crippen LogP contribution is 2.42. The van der Waals surface area contributed by atoms with Crippen molar-refractivity contribution < 1.29 is 35.5 Å². The average molecular weight is 654 g/mol. The van der Waals surface area contributed by atoms with E-state index in [0.29, 0.717) is 18.1 Å². The quantitative estimate of drug-likeness (QED) is 0.162. The Kier molecular flexibility index (Phi) is 9.35. The normalized spacial score (nSPS) is 14.7. The van der Waals surface area contributed by atoms with E-state index in [9.17, 15) is 26.2 Å². The molecule has 0 radical (unpaired) electrons. The number of ether oxygens (including phenoxy) is 1. The van der Waals surface area contributed by atoms with Crippen molar-refractivity contribution in [1.82, 2.24) is 0 Å². The molecule has 230 valence electrons. The van der Waals surface area contributed by atoms with E-state index in [0.717, 1.165) is 43.9 Å². The Morgan fingerprint density at radius 2 is 1.73 bits per heavy atom. The van der Waals surface area contributed by atoms with Crippen LogP contribution in [0, 0.1) is 0 Å². The fourth-order valence-corrected chi connectivity index (χ4v) is 7.36. The van der Waals surface area contributed by atoms with E-state index in [1.807, 2.05) is 101 Å². The maximum absolute atomic E-state index is 12.7. The molecule has 44 heavy (non-hydrogen) atoms. The second-order valence-electron chi connectivity index (χ2n) is 10.6. The summed E-state index contributed by atoms with van der Waals surface area (Å²) in [5.41, 5.74) is 4.50. The van der Waals surface area contributed by atoms with Gasteiger partial charge in [-0.15, -0.1) is 0 Å². The maximum atomic E-state index is 12.7. The highest BCUT2D eigenvalue weighted by molar-refractivity contribution is 7.91. The number of para-hydroxylation sites is 1. The predicted molar refractivity (Wildman–Crippen MR) is 174 cm³/mol. The van der Waals surface area contributed by atoms with Crippen molar-refractivity contribution in [3.05, 3.63) is 95.3 Å². The monoisotopic (exact) mass is 653 g/mol. The summed E-state index contributed by atoms with van der Waals surface area (Å²) in [5, 5.41) is 0.779. The molecule has 2 heterocycles. The number of hydrogen-bond acceptors (Lipinski definition) is 8. The Bertz CT molecular complexity index is 1980. The molecule has 0 fully saturated rings. The largest absolute Gasteiger partial charge is 0.439 e. The van der Waals surface area contributed by atoms with Crippen molar-refractivity contribution in [3.63, 3.8) is 0 Å². The number of anilines is 1. The molecular weight excluding hydrogens is 621 g/mol. The zero-order chi connectivity index (χ0) is 31.5. The van der Waals surface area contributed by atoms with Crippen molar-refractivity contribution in [3.8, 4) is 16.9 Å². The third-order valence-electron chi connectivity index (χ3n) is 7.04. The van der Waals surface area contributed by atoms with Crippen LogP contribution in [0.2, 0.25) is 0 Å². The first-order chi connectivity index (χ1) is 20.9. The summed E-state index contributed by atoms with van der Waals surface area (Å²) in [6, 6.07) is 23.4. The van der Waals surface area contributed by atoms with E-state index in [-0.39, 0.29) is 25.3 Å². The van der Waals surface area contributed by atoms with Gasteiger partial charge in [0, 0.05) is 31.0 Å². The van der Waals surface area contributed by atoms with Crippen LogP contribution in [0.4, 0.5) is 5.69 Å². The van der Waals surface area contributed by atoms with E-state index >= 15 is 0 Å². The number of aromatic nitrogens is 1. The van der Waals surface area contributed by atoms with Crippen molar-refractivity contribution in [1.29, 1.82) is 0 Å².